The van der Waals surface area contributed by atoms with Crippen LogP contribution < -0.4 is 5.73 Å². The van der Waals surface area contributed by atoms with Gasteiger partial charge in [-0.2, -0.15) is 5.10 Å². The van der Waals surface area contributed by atoms with Crippen molar-refractivity contribution in [2.24, 2.45) is 5.73 Å². The van der Waals surface area contributed by atoms with E-state index in [2.05, 4.69) is 9.38 Å². The minimum absolute atomic E-state index is 0.350. The Balaban J connectivity index is 1.58. The lowest BCUT2D eigenvalue weighted by Gasteiger charge is -2.06. The highest BCUT2D eigenvalue weighted by Gasteiger charge is 2.26. The molecule has 8 nitrogen and oxygen atoms in total. The molecule has 0 aliphatic heterocycles. The molecular formula is C19H15N7OS. The van der Waals surface area contributed by atoms with Gasteiger partial charge in [-0.25, -0.2) is 9.97 Å². The maximum atomic E-state index is 11.7. The fourth-order valence-corrected chi connectivity index (χ4v) is 4.26. The number of hydrogen-bond donors (Lipinski definition) is 1. The summed E-state index contributed by atoms with van der Waals surface area (Å²) in [6, 6.07) is 6.38. The molecule has 1 fully saturated rings. The molecule has 0 aromatic carbocycles. The van der Waals surface area contributed by atoms with Crippen LogP contribution in [0, 0.1) is 0 Å². The zero-order valence-electron chi connectivity index (χ0n) is 14.7. The van der Waals surface area contributed by atoms with E-state index in [4.69, 9.17) is 15.8 Å². The molecule has 5 aromatic rings. The highest BCUT2D eigenvalue weighted by Crippen LogP contribution is 2.37. The van der Waals surface area contributed by atoms with Crippen molar-refractivity contribution in [3.05, 3.63) is 54.1 Å². The molecule has 0 radical (unpaired) electrons. The maximum Gasteiger partial charge on any atom is 0.267 e. The van der Waals surface area contributed by atoms with Gasteiger partial charge in [-0.1, -0.05) is 0 Å². The van der Waals surface area contributed by atoms with Gasteiger partial charge in [0.05, 0.1) is 17.9 Å². The van der Waals surface area contributed by atoms with Crippen molar-refractivity contribution in [2.45, 2.75) is 18.9 Å². The molecule has 1 aliphatic rings. The first kappa shape index (κ1) is 15.6. The number of fused-ring (bicyclic) bond motifs is 2. The zero-order valence-corrected chi connectivity index (χ0v) is 15.5. The van der Waals surface area contributed by atoms with E-state index < -0.39 is 5.91 Å². The van der Waals surface area contributed by atoms with Crippen LogP contribution in [0.15, 0.2) is 48.4 Å². The Labute approximate surface area is 162 Å². The molecule has 1 amide bonds. The number of amides is 1. The lowest BCUT2D eigenvalue weighted by molar-refractivity contribution is 0.0995. The first-order valence-electron chi connectivity index (χ1n) is 8.97. The summed E-state index contributed by atoms with van der Waals surface area (Å²) in [4.78, 5) is 21.7. The topological polar surface area (TPSA) is 95.5 Å². The number of thiazole rings is 1. The Hall–Kier alpha value is -3.46. The minimum atomic E-state index is -0.512. The monoisotopic (exact) mass is 389 g/mol. The number of pyridine rings is 1. The summed E-state index contributed by atoms with van der Waals surface area (Å²) in [5.41, 5.74) is 10.0. The van der Waals surface area contributed by atoms with Crippen LogP contribution in [0.1, 0.15) is 29.4 Å². The van der Waals surface area contributed by atoms with Crippen molar-refractivity contribution in [1.82, 2.24) is 28.5 Å². The number of imidazole rings is 2. The van der Waals surface area contributed by atoms with Crippen LogP contribution in [-0.2, 0) is 0 Å². The van der Waals surface area contributed by atoms with Crippen molar-refractivity contribution in [1.29, 1.82) is 0 Å². The fraction of sp³-hybridized carbons (Fsp3) is 0.158. The van der Waals surface area contributed by atoms with Crippen molar-refractivity contribution < 1.29 is 4.79 Å². The third-order valence-electron chi connectivity index (χ3n) is 5.07. The first-order chi connectivity index (χ1) is 13.7. The van der Waals surface area contributed by atoms with Gasteiger partial charge in [-0.05, 0) is 31.0 Å². The zero-order chi connectivity index (χ0) is 18.8. The molecule has 5 aromatic heterocycles. The second-order valence-electron chi connectivity index (χ2n) is 6.93. The minimum Gasteiger partial charge on any atom is -0.364 e. The lowest BCUT2D eigenvalue weighted by Crippen LogP contribution is -2.13. The first-order valence-corrected chi connectivity index (χ1v) is 9.85. The summed E-state index contributed by atoms with van der Waals surface area (Å²) >= 11 is 1.57. The van der Waals surface area contributed by atoms with E-state index >= 15 is 0 Å². The average Bonchev–Trinajstić information content (AvgIpc) is 3.08. The molecule has 9 heteroatoms. The Kier molecular flexibility index (Phi) is 3.07. The van der Waals surface area contributed by atoms with Gasteiger partial charge in [0.15, 0.2) is 4.96 Å². The molecule has 6 rings (SSSR count). The molecule has 2 N–H and O–H groups in total. The van der Waals surface area contributed by atoms with Gasteiger partial charge in [-0.15, -0.1) is 11.3 Å². The van der Waals surface area contributed by atoms with Crippen LogP contribution in [0.25, 0.3) is 33.3 Å². The molecule has 0 unspecified atom stereocenters. The molecule has 28 heavy (non-hydrogen) atoms. The van der Waals surface area contributed by atoms with Gasteiger partial charge in [0.25, 0.3) is 5.91 Å². The van der Waals surface area contributed by atoms with Gasteiger partial charge >= 0.3 is 0 Å². The number of nitrogens with zero attached hydrogens (tertiary/aromatic N) is 6. The van der Waals surface area contributed by atoms with E-state index in [0.717, 1.165) is 27.6 Å². The van der Waals surface area contributed by atoms with Crippen LogP contribution in [0.2, 0.25) is 0 Å². The van der Waals surface area contributed by atoms with Crippen molar-refractivity contribution in [3.63, 3.8) is 0 Å². The van der Waals surface area contributed by atoms with Crippen LogP contribution in [-0.4, -0.2) is 34.5 Å². The van der Waals surface area contributed by atoms with Crippen LogP contribution >= 0.6 is 11.3 Å². The van der Waals surface area contributed by atoms with Crippen molar-refractivity contribution >= 4 is 27.9 Å². The predicted molar refractivity (Wildman–Crippen MR) is 105 cm³/mol. The van der Waals surface area contributed by atoms with E-state index in [0.29, 0.717) is 17.4 Å². The Bertz CT molecular complexity index is 1370. The number of carbonyl (C=O) groups is 1. The number of hydrogen-bond acceptors (Lipinski definition) is 5. The third-order valence-corrected chi connectivity index (χ3v) is 5.82. The number of nitrogens with two attached hydrogens (primary N) is 1. The SMILES string of the molecule is NC(=O)c1cnc2ccc(-c3c(-c4ccn(C5CC5)n4)nc4sccn34)cn12. The number of aromatic nitrogens is 6. The lowest BCUT2D eigenvalue weighted by atomic mass is 10.1. The van der Waals surface area contributed by atoms with E-state index in [1.807, 2.05) is 46.9 Å². The van der Waals surface area contributed by atoms with Crippen LogP contribution in [0.5, 0.6) is 0 Å². The summed E-state index contributed by atoms with van der Waals surface area (Å²) in [6.07, 6.45) is 9.76. The van der Waals surface area contributed by atoms with Crippen LogP contribution in [0.4, 0.5) is 0 Å². The Morgan fingerprint density at radius 2 is 2.07 bits per heavy atom. The van der Waals surface area contributed by atoms with Crippen molar-refractivity contribution in [3.8, 4) is 22.6 Å². The quantitative estimate of drug-likeness (QED) is 0.511. The molecule has 0 bridgehead atoms. The standard InChI is InChI=1S/C19H15N7OS/c20-18(27)14-9-21-15-4-1-11(10-25(14)15)17-16(22-19-24(17)7-8-28-19)13-5-6-26(23-13)12-2-3-12/h1,4-10,12H,2-3H2,(H2,20,27). The summed E-state index contributed by atoms with van der Waals surface area (Å²) in [7, 11) is 0. The van der Waals surface area contributed by atoms with E-state index in [1.165, 1.54) is 19.0 Å². The number of rotatable bonds is 4. The summed E-state index contributed by atoms with van der Waals surface area (Å²) in [5.74, 6) is -0.512. The van der Waals surface area contributed by atoms with E-state index in [-0.39, 0.29) is 0 Å². The second-order valence-corrected chi connectivity index (χ2v) is 7.80. The van der Waals surface area contributed by atoms with Gasteiger partial charge in [0.2, 0.25) is 0 Å². The predicted octanol–water partition coefficient (Wildman–Crippen LogP) is 3.01. The normalized spacial score (nSPS) is 14.3. The van der Waals surface area contributed by atoms with E-state index in [1.54, 1.807) is 15.7 Å². The highest BCUT2D eigenvalue weighted by molar-refractivity contribution is 7.15. The smallest absolute Gasteiger partial charge is 0.267 e. The van der Waals surface area contributed by atoms with Crippen molar-refractivity contribution in [2.75, 3.05) is 0 Å². The van der Waals surface area contributed by atoms with Gasteiger partial charge in [0.1, 0.15) is 22.7 Å². The van der Waals surface area contributed by atoms with Gasteiger partial charge in [-0.3, -0.25) is 18.3 Å². The summed E-state index contributed by atoms with van der Waals surface area (Å²) in [6.45, 7) is 0. The molecule has 5 heterocycles. The molecule has 0 saturated heterocycles. The van der Waals surface area contributed by atoms with Crippen LogP contribution in [0.3, 0.4) is 0 Å². The summed E-state index contributed by atoms with van der Waals surface area (Å²) in [5, 5.41) is 6.76. The van der Waals surface area contributed by atoms with E-state index in [9.17, 15) is 4.79 Å². The molecule has 1 aliphatic carbocycles. The molecule has 0 atom stereocenters. The second kappa shape index (κ2) is 5.52. The molecule has 0 spiro atoms. The molecule has 1 saturated carbocycles. The Morgan fingerprint density at radius 1 is 1.18 bits per heavy atom. The average molecular weight is 389 g/mol. The number of primary amides is 1. The number of carbonyl (C=O) groups excluding carboxylic acids is 1. The molecule has 138 valence electrons. The Morgan fingerprint density at radius 3 is 2.89 bits per heavy atom. The maximum absolute atomic E-state index is 11.7. The summed E-state index contributed by atoms with van der Waals surface area (Å²) < 4.78 is 5.80. The largest absolute Gasteiger partial charge is 0.364 e. The molecular weight excluding hydrogens is 374 g/mol. The third kappa shape index (κ3) is 2.23. The van der Waals surface area contributed by atoms with Gasteiger partial charge < -0.3 is 5.73 Å². The highest BCUT2D eigenvalue weighted by atomic mass is 32.1. The van der Waals surface area contributed by atoms with Gasteiger partial charge in [0, 0.05) is 29.5 Å². The fourth-order valence-electron chi connectivity index (χ4n) is 3.55.